The van der Waals surface area contributed by atoms with Crippen molar-refractivity contribution in [3.8, 4) is 5.75 Å². The highest BCUT2D eigenvalue weighted by molar-refractivity contribution is 9.15. The lowest BCUT2D eigenvalue weighted by Crippen LogP contribution is -1.76. The number of aromatic hydroxyl groups is 1. The van der Waals surface area contributed by atoms with Crippen molar-refractivity contribution >= 4 is 63.7 Å². The molecule has 0 spiro atoms. The molecule has 1 nitrogen and oxygen atoms in total. The highest BCUT2D eigenvalue weighted by Crippen LogP contribution is 2.41. The van der Waals surface area contributed by atoms with Gasteiger partial charge in [0.2, 0.25) is 0 Å². The molecule has 5 heteroatoms. The van der Waals surface area contributed by atoms with Crippen LogP contribution in [0.4, 0.5) is 0 Å². The van der Waals surface area contributed by atoms with Gasteiger partial charge in [0.05, 0.1) is 8.95 Å². The minimum absolute atomic E-state index is 0.201. The Hall–Kier alpha value is 0.940. The van der Waals surface area contributed by atoms with Gasteiger partial charge in [0.1, 0.15) is 5.75 Å². The fraction of sp³-hybridized carbons (Fsp3) is 0. The van der Waals surface area contributed by atoms with E-state index in [-0.39, 0.29) is 5.75 Å². The first-order valence-corrected chi connectivity index (χ1v) is 5.73. The molecule has 1 aromatic carbocycles. The first-order chi connectivity index (χ1) is 5.04. The summed E-state index contributed by atoms with van der Waals surface area (Å²) in [5, 5.41) is 9.28. The van der Waals surface area contributed by atoms with Gasteiger partial charge in [-0.05, 0) is 69.8 Å². The zero-order chi connectivity index (χ0) is 8.59. The lowest BCUT2D eigenvalue weighted by atomic mass is 11.3. The Labute approximate surface area is 97.7 Å². The van der Waals surface area contributed by atoms with Crippen LogP contribution in [0.5, 0.6) is 5.75 Å². The van der Waals surface area contributed by atoms with Gasteiger partial charge in [-0.3, -0.25) is 0 Å². The lowest BCUT2D eigenvalue weighted by Gasteiger charge is -2.03. The molecule has 0 aliphatic carbocycles. The van der Waals surface area contributed by atoms with Crippen LogP contribution in [0.2, 0.25) is 0 Å². The Morgan fingerprint density at radius 2 is 1.45 bits per heavy atom. The zero-order valence-corrected chi connectivity index (χ0v) is 11.4. The number of halogens is 4. The summed E-state index contributed by atoms with van der Waals surface area (Å²) in [7, 11) is 0. The van der Waals surface area contributed by atoms with Gasteiger partial charge in [-0.15, -0.1) is 0 Å². The van der Waals surface area contributed by atoms with Crippen LogP contribution in [0.25, 0.3) is 0 Å². The number of phenolic OH excluding ortho intramolecular Hbond substituents is 1. The highest BCUT2D eigenvalue weighted by Gasteiger charge is 2.09. The van der Waals surface area contributed by atoms with Crippen molar-refractivity contribution in [2.75, 3.05) is 0 Å². The molecule has 11 heavy (non-hydrogen) atoms. The van der Waals surface area contributed by atoms with E-state index in [0.29, 0.717) is 4.47 Å². The summed E-state index contributed by atoms with van der Waals surface area (Å²) in [6.07, 6.45) is 0. The van der Waals surface area contributed by atoms with Gasteiger partial charge in [0.15, 0.2) is 0 Å². The third-order valence-corrected chi connectivity index (χ3v) is 5.72. The largest absolute Gasteiger partial charge is 0.507 e. The van der Waals surface area contributed by atoms with Crippen molar-refractivity contribution in [1.82, 2.24) is 0 Å². The molecule has 0 aromatic heterocycles. The Morgan fingerprint density at radius 3 is 2.00 bits per heavy atom. The normalized spacial score (nSPS) is 10.2. The van der Waals surface area contributed by atoms with E-state index in [1.807, 2.05) is 0 Å². The molecule has 0 saturated carbocycles. The van der Waals surface area contributed by atoms with Gasteiger partial charge in [-0.1, -0.05) is 0 Å². The molecule has 1 N–H and O–H groups in total. The van der Waals surface area contributed by atoms with Crippen molar-refractivity contribution in [1.29, 1.82) is 0 Å². The molecule has 0 fully saturated rings. The number of hydrogen-bond acceptors (Lipinski definition) is 1. The first-order valence-electron chi connectivity index (χ1n) is 2.56. The third kappa shape index (κ3) is 1.99. The SMILES string of the molecule is O[13c]1[13cH][13c](Br)[13c](Br)[13c](Br)[13c]1Br. The number of hydrogen-bond donors (Lipinski definition) is 1. The summed E-state index contributed by atoms with van der Waals surface area (Å²) >= 11 is 13.1. The van der Waals surface area contributed by atoms with Gasteiger partial charge in [-0.25, -0.2) is 0 Å². The van der Waals surface area contributed by atoms with Crippen molar-refractivity contribution in [3.63, 3.8) is 0 Å². The van der Waals surface area contributed by atoms with Crippen molar-refractivity contribution in [2.24, 2.45) is 0 Å². The van der Waals surface area contributed by atoms with Crippen LogP contribution in [-0.4, -0.2) is 5.11 Å². The first kappa shape index (κ1) is 10.0. The highest BCUT2D eigenvalue weighted by atomic mass is 79.9. The monoisotopic (exact) mass is 412 g/mol. The molecule has 0 aliphatic heterocycles. The van der Waals surface area contributed by atoms with Gasteiger partial charge in [-0.2, -0.15) is 0 Å². The van der Waals surface area contributed by atoms with E-state index >= 15 is 0 Å². The van der Waals surface area contributed by atoms with E-state index in [9.17, 15) is 5.11 Å². The van der Waals surface area contributed by atoms with Crippen LogP contribution in [0, 0.1) is 0 Å². The van der Waals surface area contributed by atoms with E-state index in [1.165, 1.54) is 0 Å². The molecule has 0 amide bonds. The average molecular weight is 416 g/mol. The second-order valence-electron chi connectivity index (χ2n) is 1.82. The predicted octanol–water partition coefficient (Wildman–Crippen LogP) is 4.44. The topological polar surface area (TPSA) is 20.2 Å². The van der Waals surface area contributed by atoms with Crippen molar-refractivity contribution in [3.05, 3.63) is 24.0 Å². The quantitative estimate of drug-likeness (QED) is 0.490. The molecule has 0 radical (unpaired) electrons. The van der Waals surface area contributed by atoms with Gasteiger partial charge in [0.25, 0.3) is 0 Å². The second kappa shape index (κ2) is 3.77. The summed E-state index contributed by atoms with van der Waals surface area (Å²) in [5.41, 5.74) is 0. The third-order valence-electron chi connectivity index (χ3n) is 1.08. The van der Waals surface area contributed by atoms with Crippen molar-refractivity contribution < 1.29 is 5.11 Å². The summed E-state index contributed by atoms with van der Waals surface area (Å²) in [6.45, 7) is 0. The maximum absolute atomic E-state index is 9.28. The molecule has 60 valence electrons. The Morgan fingerprint density at radius 1 is 0.909 bits per heavy atom. The van der Waals surface area contributed by atoms with Gasteiger partial charge < -0.3 is 5.11 Å². The number of benzene rings is 1. The summed E-state index contributed by atoms with van der Waals surface area (Å²) in [5.74, 6) is 0.201. The maximum atomic E-state index is 9.28. The average Bonchev–Trinajstić information content (AvgIpc) is 1.97. The smallest absolute Gasteiger partial charge is 0.132 e. The molecular formula is C6H2Br4O. The molecule has 1 rings (SSSR count). The van der Waals surface area contributed by atoms with Crippen LogP contribution in [-0.2, 0) is 0 Å². The van der Waals surface area contributed by atoms with E-state index < -0.39 is 0 Å². The van der Waals surface area contributed by atoms with Gasteiger partial charge in [0, 0.05) is 8.95 Å². The fourth-order valence-electron chi connectivity index (χ4n) is 0.560. The standard InChI is InChI=1S/C6H2Br4O/c7-2-1-3(11)5(9)6(10)4(2)8/h1,11H/i1+1,2+1,3+1,4+1,5+1,6+1. The predicted molar refractivity (Wildman–Crippen MR) is 58.9 cm³/mol. The fourth-order valence-corrected chi connectivity index (χ4v) is 2.55. The Balaban J connectivity index is 3.46. The Bertz CT molecular complexity index is 271. The second-order valence-corrected chi connectivity index (χ2v) is 5.05. The molecule has 0 atom stereocenters. The minimum atomic E-state index is 0.201. The zero-order valence-electron chi connectivity index (χ0n) is 5.04. The maximum Gasteiger partial charge on any atom is 0.132 e. The van der Waals surface area contributed by atoms with E-state index in [1.54, 1.807) is 6.07 Å². The van der Waals surface area contributed by atoms with Crippen LogP contribution in [0.1, 0.15) is 0 Å². The van der Waals surface area contributed by atoms with E-state index in [2.05, 4.69) is 63.7 Å². The van der Waals surface area contributed by atoms with Crippen LogP contribution in [0.15, 0.2) is 24.0 Å². The summed E-state index contributed by atoms with van der Waals surface area (Å²) in [4.78, 5) is 0. The van der Waals surface area contributed by atoms with E-state index in [0.717, 1.165) is 13.4 Å². The number of phenols is 1. The summed E-state index contributed by atoms with van der Waals surface area (Å²) in [6, 6.07) is 1.61. The molecule has 0 bridgehead atoms. The lowest BCUT2D eigenvalue weighted by molar-refractivity contribution is 0.471. The molecule has 0 heterocycles. The minimum Gasteiger partial charge on any atom is -0.507 e. The van der Waals surface area contributed by atoms with Gasteiger partial charge >= 0.3 is 0 Å². The van der Waals surface area contributed by atoms with Crippen LogP contribution >= 0.6 is 63.7 Å². The van der Waals surface area contributed by atoms with Crippen LogP contribution < -0.4 is 0 Å². The molecule has 0 saturated heterocycles. The summed E-state index contributed by atoms with van der Waals surface area (Å²) < 4.78 is 3.13. The number of rotatable bonds is 0. The van der Waals surface area contributed by atoms with E-state index in [4.69, 9.17) is 0 Å². The van der Waals surface area contributed by atoms with Crippen LogP contribution in [0.3, 0.4) is 0 Å². The molecular weight excluding hydrogens is 414 g/mol. The molecule has 0 aliphatic rings. The molecule has 1 aromatic rings. The van der Waals surface area contributed by atoms with Crippen molar-refractivity contribution in [2.45, 2.75) is 0 Å². The Kier molecular flexibility index (Phi) is 3.43. The molecule has 0 unspecified atom stereocenters.